The van der Waals surface area contributed by atoms with Crippen LogP contribution in [0.2, 0.25) is 0 Å². The largest absolute Gasteiger partial charge is 0.504 e. The number of hydrogen-bond donors (Lipinski definition) is 2. The minimum absolute atomic E-state index is 0.00269. The summed E-state index contributed by atoms with van der Waals surface area (Å²) in [5.41, 5.74) is 2.25. The molecule has 2 N–H and O–H groups in total. The number of benzene rings is 1. The van der Waals surface area contributed by atoms with Crippen molar-refractivity contribution in [2.75, 3.05) is 18.0 Å². The summed E-state index contributed by atoms with van der Waals surface area (Å²) in [7, 11) is 0. The second-order valence-electron chi connectivity index (χ2n) is 4.41. The number of hydrogen-bond acceptors (Lipinski definition) is 3. The summed E-state index contributed by atoms with van der Waals surface area (Å²) in [6, 6.07) is 3.41. The maximum atomic E-state index is 9.58. The first-order chi connectivity index (χ1) is 7.72. The highest BCUT2D eigenvalue weighted by Gasteiger charge is 2.17. The Morgan fingerprint density at radius 1 is 1.19 bits per heavy atom. The third-order valence-electron chi connectivity index (χ3n) is 3.13. The number of anilines is 1. The number of fused-ring (bicyclic) bond motifs is 1. The molecule has 1 aromatic rings. The van der Waals surface area contributed by atoms with Crippen LogP contribution in [0, 0.1) is 0 Å². The van der Waals surface area contributed by atoms with Crippen LogP contribution in [0.15, 0.2) is 12.1 Å². The van der Waals surface area contributed by atoms with Gasteiger partial charge in [0.1, 0.15) is 0 Å². The smallest absolute Gasteiger partial charge is 0.159 e. The van der Waals surface area contributed by atoms with E-state index in [1.807, 2.05) is 0 Å². The molecule has 3 heteroatoms. The number of nitrogens with zero attached hydrogens (tertiary/aromatic N) is 1. The fraction of sp³-hybridized carbons (Fsp3) is 0.538. The van der Waals surface area contributed by atoms with Crippen LogP contribution in [0.3, 0.4) is 0 Å². The fourth-order valence-electron chi connectivity index (χ4n) is 2.34. The van der Waals surface area contributed by atoms with Crippen molar-refractivity contribution in [2.24, 2.45) is 0 Å². The van der Waals surface area contributed by atoms with Crippen LogP contribution in [0.5, 0.6) is 11.5 Å². The topological polar surface area (TPSA) is 43.7 Å². The summed E-state index contributed by atoms with van der Waals surface area (Å²) in [5, 5.41) is 19.1. The Morgan fingerprint density at radius 2 is 1.94 bits per heavy atom. The van der Waals surface area contributed by atoms with Gasteiger partial charge < -0.3 is 15.1 Å². The highest BCUT2D eigenvalue weighted by Crippen LogP contribution is 2.36. The van der Waals surface area contributed by atoms with Gasteiger partial charge >= 0.3 is 0 Å². The molecule has 88 valence electrons. The molecule has 0 saturated carbocycles. The van der Waals surface area contributed by atoms with Crippen LogP contribution < -0.4 is 4.90 Å². The lowest BCUT2D eigenvalue weighted by Gasteiger charge is -2.24. The number of aromatic hydroxyl groups is 2. The molecule has 2 rings (SSSR count). The molecule has 0 atom stereocenters. The zero-order valence-electron chi connectivity index (χ0n) is 9.74. The van der Waals surface area contributed by atoms with Crippen LogP contribution in [0.25, 0.3) is 0 Å². The van der Waals surface area contributed by atoms with Crippen LogP contribution >= 0.6 is 0 Å². The van der Waals surface area contributed by atoms with E-state index in [9.17, 15) is 10.2 Å². The minimum atomic E-state index is -0.0123. The monoisotopic (exact) mass is 221 g/mol. The summed E-state index contributed by atoms with van der Waals surface area (Å²) >= 11 is 0. The molecule has 16 heavy (non-hydrogen) atoms. The van der Waals surface area contributed by atoms with Crippen molar-refractivity contribution in [1.29, 1.82) is 0 Å². The van der Waals surface area contributed by atoms with Gasteiger partial charge in [-0.25, -0.2) is 0 Å². The lowest BCUT2D eigenvalue weighted by atomic mass is 10.1. The molecule has 1 aromatic carbocycles. The van der Waals surface area contributed by atoms with E-state index in [0.29, 0.717) is 0 Å². The Bertz CT molecular complexity index is 376. The van der Waals surface area contributed by atoms with Crippen LogP contribution in [0.4, 0.5) is 5.69 Å². The average molecular weight is 221 g/mol. The third-order valence-corrected chi connectivity index (χ3v) is 3.13. The summed E-state index contributed by atoms with van der Waals surface area (Å²) in [5.74, 6) is -0.0150. The Hall–Kier alpha value is -1.38. The van der Waals surface area contributed by atoms with Crippen molar-refractivity contribution < 1.29 is 10.2 Å². The number of phenolic OH excluding ortho intramolecular Hbond substituents is 2. The van der Waals surface area contributed by atoms with Crippen molar-refractivity contribution >= 4 is 5.69 Å². The van der Waals surface area contributed by atoms with E-state index in [2.05, 4.69) is 11.8 Å². The Kier molecular flexibility index (Phi) is 3.22. The molecule has 0 saturated heterocycles. The number of aryl methyl sites for hydroxylation is 1. The predicted molar refractivity (Wildman–Crippen MR) is 65.2 cm³/mol. The van der Waals surface area contributed by atoms with Gasteiger partial charge in [-0.3, -0.25) is 0 Å². The summed E-state index contributed by atoms with van der Waals surface area (Å²) in [6.07, 6.45) is 4.41. The maximum absolute atomic E-state index is 9.58. The van der Waals surface area contributed by atoms with Gasteiger partial charge in [-0.05, 0) is 37.3 Å². The van der Waals surface area contributed by atoms with Gasteiger partial charge in [0.15, 0.2) is 11.5 Å². The maximum Gasteiger partial charge on any atom is 0.159 e. The van der Waals surface area contributed by atoms with E-state index < -0.39 is 0 Å². The van der Waals surface area contributed by atoms with E-state index in [1.165, 1.54) is 6.42 Å². The quantitative estimate of drug-likeness (QED) is 0.754. The average Bonchev–Trinajstić information content (AvgIpc) is 2.44. The van der Waals surface area contributed by atoms with Gasteiger partial charge in [-0.15, -0.1) is 0 Å². The molecule has 0 amide bonds. The van der Waals surface area contributed by atoms with Crippen molar-refractivity contribution in [2.45, 2.75) is 32.6 Å². The molecule has 1 aliphatic rings. The summed E-state index contributed by atoms with van der Waals surface area (Å²) in [4.78, 5) is 2.31. The first-order valence-corrected chi connectivity index (χ1v) is 6.02. The van der Waals surface area contributed by atoms with Gasteiger partial charge in [0, 0.05) is 24.8 Å². The highest BCUT2D eigenvalue weighted by molar-refractivity contribution is 5.61. The Labute approximate surface area is 96.3 Å². The van der Waals surface area contributed by atoms with Gasteiger partial charge in [0.25, 0.3) is 0 Å². The highest BCUT2D eigenvalue weighted by atomic mass is 16.3. The first-order valence-electron chi connectivity index (χ1n) is 6.02. The standard InChI is InChI=1S/C13H19NO2/c1-2-6-14-7-4-3-5-10-8-12(15)13(16)9-11(10)14/h8-9,15-16H,2-7H2,1H3. The Balaban J connectivity index is 2.39. The van der Waals surface area contributed by atoms with Crippen molar-refractivity contribution in [3.05, 3.63) is 17.7 Å². The number of rotatable bonds is 2. The molecule has 0 aromatic heterocycles. The molecule has 0 unspecified atom stereocenters. The molecule has 3 nitrogen and oxygen atoms in total. The molecule has 0 radical (unpaired) electrons. The fourth-order valence-corrected chi connectivity index (χ4v) is 2.34. The van der Waals surface area contributed by atoms with Crippen LogP contribution in [-0.4, -0.2) is 23.3 Å². The van der Waals surface area contributed by atoms with Crippen molar-refractivity contribution in [1.82, 2.24) is 0 Å². The van der Waals surface area contributed by atoms with E-state index in [1.54, 1.807) is 12.1 Å². The SMILES string of the molecule is CCCN1CCCCc2cc(O)c(O)cc21. The van der Waals surface area contributed by atoms with Gasteiger partial charge in [0.2, 0.25) is 0 Å². The van der Waals surface area contributed by atoms with E-state index in [-0.39, 0.29) is 11.5 Å². The van der Waals surface area contributed by atoms with E-state index >= 15 is 0 Å². The van der Waals surface area contributed by atoms with Gasteiger partial charge in [-0.1, -0.05) is 6.92 Å². The second kappa shape index (κ2) is 4.64. The lowest BCUT2D eigenvalue weighted by Crippen LogP contribution is -2.24. The van der Waals surface area contributed by atoms with E-state index in [4.69, 9.17) is 0 Å². The van der Waals surface area contributed by atoms with Gasteiger partial charge in [0.05, 0.1) is 0 Å². The van der Waals surface area contributed by atoms with Crippen LogP contribution in [0.1, 0.15) is 31.7 Å². The number of phenols is 2. The van der Waals surface area contributed by atoms with Crippen LogP contribution in [-0.2, 0) is 6.42 Å². The zero-order valence-corrected chi connectivity index (χ0v) is 9.74. The van der Waals surface area contributed by atoms with E-state index in [0.717, 1.165) is 43.6 Å². The lowest BCUT2D eigenvalue weighted by molar-refractivity contribution is 0.403. The molecular formula is C13H19NO2. The zero-order chi connectivity index (χ0) is 11.5. The van der Waals surface area contributed by atoms with Crippen molar-refractivity contribution in [3.63, 3.8) is 0 Å². The van der Waals surface area contributed by atoms with Gasteiger partial charge in [-0.2, -0.15) is 0 Å². The molecule has 1 aliphatic heterocycles. The normalized spacial score (nSPS) is 15.7. The molecule has 0 fully saturated rings. The molecule has 0 spiro atoms. The third kappa shape index (κ3) is 2.08. The first kappa shape index (κ1) is 11.1. The molecular weight excluding hydrogens is 202 g/mol. The predicted octanol–water partition coefficient (Wildman–Crippen LogP) is 2.65. The molecule has 0 bridgehead atoms. The Morgan fingerprint density at radius 3 is 2.69 bits per heavy atom. The summed E-state index contributed by atoms with van der Waals surface area (Å²) < 4.78 is 0. The molecule has 1 heterocycles. The summed E-state index contributed by atoms with van der Waals surface area (Å²) in [6.45, 7) is 4.22. The molecule has 0 aliphatic carbocycles. The second-order valence-corrected chi connectivity index (χ2v) is 4.41. The van der Waals surface area contributed by atoms with Crippen molar-refractivity contribution in [3.8, 4) is 11.5 Å². The minimum Gasteiger partial charge on any atom is -0.504 e.